The van der Waals surface area contributed by atoms with Gasteiger partial charge in [-0.2, -0.15) is 4.68 Å². The molecule has 3 rings (SSSR count). The van der Waals surface area contributed by atoms with Crippen molar-refractivity contribution in [3.05, 3.63) is 54.6 Å². The van der Waals surface area contributed by atoms with Crippen molar-refractivity contribution in [2.24, 2.45) is 0 Å². The van der Waals surface area contributed by atoms with Gasteiger partial charge >= 0.3 is 5.97 Å². The number of aromatic carboxylic acids is 1. The van der Waals surface area contributed by atoms with Gasteiger partial charge in [0.05, 0.1) is 11.3 Å². The van der Waals surface area contributed by atoms with E-state index in [4.69, 9.17) is 0 Å². The number of hydrogen-bond acceptors (Lipinski definition) is 5. The summed E-state index contributed by atoms with van der Waals surface area (Å²) < 4.78 is 1.32. The first kappa shape index (κ1) is 12.0. The van der Waals surface area contributed by atoms with E-state index < -0.39 is 5.97 Å². The van der Waals surface area contributed by atoms with Gasteiger partial charge in [0.2, 0.25) is 0 Å². The molecule has 20 heavy (non-hydrogen) atoms. The molecule has 0 aliphatic heterocycles. The zero-order valence-electron chi connectivity index (χ0n) is 10.2. The first-order chi connectivity index (χ1) is 9.75. The van der Waals surface area contributed by atoms with Crippen LogP contribution in [0.15, 0.2) is 49.1 Å². The maximum absolute atomic E-state index is 11.4. The Kier molecular flexibility index (Phi) is 2.92. The predicted molar refractivity (Wildman–Crippen MR) is 69.3 cm³/mol. The lowest BCUT2D eigenvalue weighted by molar-refractivity contribution is 0.0697. The summed E-state index contributed by atoms with van der Waals surface area (Å²) in [5.41, 5.74) is 2.24. The SMILES string of the molecule is O=C(O)c1cc(-c2ccncc2)ccc1-n1cnnn1. The molecule has 98 valence electrons. The van der Waals surface area contributed by atoms with Gasteiger partial charge in [-0.15, -0.1) is 5.10 Å². The second-order valence-electron chi connectivity index (χ2n) is 4.03. The minimum atomic E-state index is -1.04. The highest BCUT2D eigenvalue weighted by molar-refractivity contribution is 5.93. The molecule has 0 radical (unpaired) electrons. The molecule has 2 heterocycles. The number of hydrogen-bond donors (Lipinski definition) is 1. The second-order valence-corrected chi connectivity index (χ2v) is 4.03. The number of pyridine rings is 1. The molecule has 3 aromatic rings. The van der Waals surface area contributed by atoms with Crippen molar-refractivity contribution in [1.29, 1.82) is 0 Å². The number of benzene rings is 1. The number of tetrazole rings is 1. The molecule has 0 saturated heterocycles. The highest BCUT2D eigenvalue weighted by atomic mass is 16.4. The molecular formula is C13H9N5O2. The van der Waals surface area contributed by atoms with Crippen LogP contribution < -0.4 is 0 Å². The topological polar surface area (TPSA) is 93.8 Å². The Morgan fingerprint density at radius 3 is 2.55 bits per heavy atom. The first-order valence-electron chi connectivity index (χ1n) is 5.77. The Balaban J connectivity index is 2.14. The van der Waals surface area contributed by atoms with Crippen molar-refractivity contribution in [1.82, 2.24) is 25.2 Å². The van der Waals surface area contributed by atoms with Gasteiger partial charge in [-0.05, 0) is 45.8 Å². The van der Waals surface area contributed by atoms with Crippen LogP contribution >= 0.6 is 0 Å². The summed E-state index contributed by atoms with van der Waals surface area (Å²) in [5.74, 6) is -1.04. The fourth-order valence-corrected chi connectivity index (χ4v) is 1.90. The minimum absolute atomic E-state index is 0.131. The van der Waals surface area contributed by atoms with Gasteiger partial charge in [0, 0.05) is 12.4 Å². The lowest BCUT2D eigenvalue weighted by Crippen LogP contribution is -2.06. The standard InChI is InChI=1S/C13H9N5O2/c19-13(20)11-7-10(9-3-5-14-6-4-9)1-2-12(11)18-8-15-16-17-18/h1-8H,(H,19,20). The molecule has 1 N–H and O–H groups in total. The first-order valence-corrected chi connectivity index (χ1v) is 5.77. The van der Waals surface area contributed by atoms with E-state index in [1.165, 1.54) is 11.0 Å². The summed E-state index contributed by atoms with van der Waals surface area (Å²) in [5, 5.41) is 20.1. The summed E-state index contributed by atoms with van der Waals surface area (Å²) in [4.78, 5) is 15.3. The molecule has 0 spiro atoms. The highest BCUT2D eigenvalue weighted by Crippen LogP contribution is 2.23. The minimum Gasteiger partial charge on any atom is -0.478 e. The molecule has 7 nitrogen and oxygen atoms in total. The lowest BCUT2D eigenvalue weighted by Gasteiger charge is -2.08. The van der Waals surface area contributed by atoms with Crippen molar-refractivity contribution >= 4 is 5.97 Å². The van der Waals surface area contributed by atoms with Crippen LogP contribution in [0.1, 0.15) is 10.4 Å². The summed E-state index contributed by atoms with van der Waals surface area (Å²) in [6.07, 6.45) is 4.67. The number of carboxylic acid groups (broad SMARTS) is 1. The van der Waals surface area contributed by atoms with Crippen LogP contribution in [0.25, 0.3) is 16.8 Å². The van der Waals surface area contributed by atoms with Crippen LogP contribution in [0.2, 0.25) is 0 Å². The number of carbonyl (C=O) groups is 1. The monoisotopic (exact) mass is 267 g/mol. The van der Waals surface area contributed by atoms with E-state index in [2.05, 4.69) is 20.5 Å². The van der Waals surface area contributed by atoms with E-state index >= 15 is 0 Å². The zero-order valence-corrected chi connectivity index (χ0v) is 10.2. The quantitative estimate of drug-likeness (QED) is 0.771. The van der Waals surface area contributed by atoms with Gasteiger partial charge in [0.15, 0.2) is 0 Å². The Morgan fingerprint density at radius 2 is 1.90 bits per heavy atom. The molecule has 0 atom stereocenters. The molecule has 0 aliphatic rings. The third kappa shape index (κ3) is 2.12. The number of nitrogens with zero attached hydrogens (tertiary/aromatic N) is 5. The van der Waals surface area contributed by atoms with Crippen LogP contribution in [0.3, 0.4) is 0 Å². The Hall–Kier alpha value is -3.09. The maximum Gasteiger partial charge on any atom is 0.337 e. The van der Waals surface area contributed by atoms with Gasteiger partial charge in [0.1, 0.15) is 6.33 Å². The lowest BCUT2D eigenvalue weighted by atomic mass is 10.0. The Bertz CT molecular complexity index is 741. The van der Waals surface area contributed by atoms with Crippen LogP contribution in [0.4, 0.5) is 0 Å². The average molecular weight is 267 g/mol. The number of carboxylic acids is 1. The van der Waals surface area contributed by atoms with Crippen LogP contribution in [0, 0.1) is 0 Å². The van der Waals surface area contributed by atoms with E-state index in [1.807, 2.05) is 18.2 Å². The van der Waals surface area contributed by atoms with E-state index in [0.717, 1.165) is 11.1 Å². The van der Waals surface area contributed by atoms with E-state index in [-0.39, 0.29) is 5.56 Å². The van der Waals surface area contributed by atoms with Crippen molar-refractivity contribution in [3.63, 3.8) is 0 Å². The molecule has 2 aromatic heterocycles. The van der Waals surface area contributed by atoms with E-state index in [1.54, 1.807) is 24.5 Å². The fourth-order valence-electron chi connectivity index (χ4n) is 1.90. The molecule has 0 saturated carbocycles. The summed E-state index contributed by atoms with van der Waals surface area (Å²) in [6, 6.07) is 8.72. The Labute approximate surface area is 113 Å². The third-order valence-corrected chi connectivity index (χ3v) is 2.84. The van der Waals surface area contributed by atoms with Crippen molar-refractivity contribution in [3.8, 4) is 16.8 Å². The van der Waals surface area contributed by atoms with Crippen molar-refractivity contribution in [2.75, 3.05) is 0 Å². The second kappa shape index (κ2) is 4.88. The molecule has 0 unspecified atom stereocenters. The largest absolute Gasteiger partial charge is 0.478 e. The zero-order chi connectivity index (χ0) is 13.9. The van der Waals surface area contributed by atoms with Gasteiger partial charge in [0.25, 0.3) is 0 Å². The van der Waals surface area contributed by atoms with Gasteiger partial charge in [-0.25, -0.2) is 4.79 Å². The normalized spacial score (nSPS) is 10.4. The smallest absolute Gasteiger partial charge is 0.337 e. The van der Waals surface area contributed by atoms with Gasteiger partial charge < -0.3 is 5.11 Å². The summed E-state index contributed by atoms with van der Waals surface area (Å²) in [6.45, 7) is 0. The molecule has 0 bridgehead atoms. The van der Waals surface area contributed by atoms with Crippen molar-refractivity contribution in [2.45, 2.75) is 0 Å². The van der Waals surface area contributed by atoms with Crippen molar-refractivity contribution < 1.29 is 9.90 Å². The molecule has 7 heteroatoms. The maximum atomic E-state index is 11.4. The van der Waals surface area contributed by atoms with Crippen LogP contribution in [-0.4, -0.2) is 36.3 Å². The summed E-state index contributed by atoms with van der Waals surface area (Å²) >= 11 is 0. The molecule has 1 aromatic carbocycles. The van der Waals surface area contributed by atoms with Crippen LogP contribution in [-0.2, 0) is 0 Å². The third-order valence-electron chi connectivity index (χ3n) is 2.84. The predicted octanol–water partition coefficient (Wildman–Crippen LogP) is 1.42. The molecule has 0 aliphatic carbocycles. The van der Waals surface area contributed by atoms with Gasteiger partial charge in [-0.1, -0.05) is 6.07 Å². The molecule has 0 fully saturated rings. The molecular weight excluding hydrogens is 258 g/mol. The van der Waals surface area contributed by atoms with E-state index in [9.17, 15) is 9.90 Å². The van der Waals surface area contributed by atoms with E-state index in [0.29, 0.717) is 5.69 Å². The molecule has 0 amide bonds. The fraction of sp³-hybridized carbons (Fsp3) is 0. The average Bonchev–Trinajstić information content (AvgIpc) is 3.01. The summed E-state index contributed by atoms with van der Waals surface area (Å²) in [7, 11) is 0. The van der Waals surface area contributed by atoms with Gasteiger partial charge in [-0.3, -0.25) is 4.98 Å². The Morgan fingerprint density at radius 1 is 1.10 bits per heavy atom. The van der Waals surface area contributed by atoms with Crippen LogP contribution in [0.5, 0.6) is 0 Å². The number of aromatic nitrogens is 5. The highest BCUT2D eigenvalue weighted by Gasteiger charge is 2.14. The number of rotatable bonds is 3.